The van der Waals surface area contributed by atoms with Crippen molar-refractivity contribution in [3.63, 3.8) is 0 Å². The third kappa shape index (κ3) is 23.3. The van der Waals surface area contributed by atoms with Crippen LogP contribution in [0.5, 0.6) is 40.2 Å². The molecule has 0 bridgehead atoms. The lowest BCUT2D eigenvalue weighted by atomic mass is 9.97. The molecule has 652 valence electrons. The highest BCUT2D eigenvalue weighted by Crippen LogP contribution is 2.40. The van der Waals surface area contributed by atoms with E-state index < -0.39 is 24.3 Å². The SMILES string of the molecule is CC(C)(C)CNCCn1c(Cc2cc3c(cc2[124I])OCCO3)nc2c(N)nc(F)nc21.CC(C)(C)CNCCn1c(Cc2cc3c(cc2[131I])OCCO3)nc2c(N)nc(F)nc21.CC(C)CNCCn1c(Cc2cc3c(cc2[124I])OCCC3)nc2c(N)nc(F)nc21.CC(C)CNCCn1c(Cc2cc3c(cc2[131I])OCCO3)nc2c(N)nc(F)nc21. The van der Waals surface area contributed by atoms with Gasteiger partial charge < -0.3 is 95.6 Å². The van der Waals surface area contributed by atoms with E-state index in [0.717, 1.165) is 147 Å². The van der Waals surface area contributed by atoms with Gasteiger partial charge in [0.1, 0.15) is 68.7 Å². The molecule has 122 heavy (non-hydrogen) atoms. The number of imidazole rings is 4. The van der Waals surface area contributed by atoms with Crippen molar-refractivity contribution >= 4 is 158 Å². The molecular formula is C83H102F4I4N24O7. The largest absolute Gasteiger partial charge is 0.493 e. The number of aryl methyl sites for hydroxylation is 1. The fourth-order valence-electron chi connectivity index (χ4n) is 14.1. The third-order valence-corrected chi connectivity index (χ3v) is 23.8. The van der Waals surface area contributed by atoms with E-state index >= 15 is 0 Å². The summed E-state index contributed by atoms with van der Waals surface area (Å²) in [6.45, 7) is 34.4. The molecule has 0 amide bonds. The van der Waals surface area contributed by atoms with Crippen LogP contribution in [-0.4, -0.2) is 177 Å². The lowest BCUT2D eigenvalue weighted by molar-refractivity contribution is 0.171. The summed E-state index contributed by atoms with van der Waals surface area (Å²) in [5.74, 6) is 9.72. The number of benzene rings is 4. The molecule has 0 atom stereocenters. The van der Waals surface area contributed by atoms with E-state index in [1.54, 1.807) is 0 Å². The standard InChI is InChI=1S/2C21H26FIN6O2.C21H26FIN6O.C20H24FIN6O2/c2*1-21(2,3)11-25-4-5-29-16(26-17-18(24)27-20(22)28-19(17)29)9-12-8-14-15(10-13(12)23)31-7-6-30-14;1-12(2)11-25-5-6-29-17(26-18-19(24)27-21(22)28-20(18)29)9-14-8-13-4-3-7-30-16(13)10-15(14)23;1-11(2)10-24-3-4-28-16(25-17-18(23)26-20(21)27-19(17)28)8-12-7-14-15(9-13(12)22)30-6-5-29-14/h2*8,10,25H,4-7,9,11H2,1-3H3,(H2,24,27,28);8,10,12,25H,3-7,9,11H2,1-2H3,(H2,24,27,28);7,9,11,24H,3-6,8,10H2,1-2H3,(H2,23,26,27)/i23+4;2*23-3;22+4. The first-order valence-corrected chi connectivity index (χ1v) is 44.8. The van der Waals surface area contributed by atoms with Crippen LogP contribution >= 0.6 is 90.4 Å². The fraction of sp³-hybridized carbons (Fsp3) is 0.470. The number of halogens is 8. The Kier molecular flexibility index (Phi) is 30.3. The minimum absolute atomic E-state index is 0.0435. The van der Waals surface area contributed by atoms with Gasteiger partial charge in [-0.15, -0.1) is 0 Å². The summed E-state index contributed by atoms with van der Waals surface area (Å²) in [6, 6.07) is 16.1. The molecule has 12 aromatic rings. The van der Waals surface area contributed by atoms with Crippen LogP contribution in [-0.2, 0) is 58.3 Å². The molecule has 12 N–H and O–H groups in total. The highest BCUT2D eigenvalue weighted by Gasteiger charge is 2.28. The molecule has 0 saturated heterocycles. The summed E-state index contributed by atoms with van der Waals surface area (Å²) >= 11 is 9.18. The van der Waals surface area contributed by atoms with E-state index in [1.165, 1.54) is 11.1 Å². The van der Waals surface area contributed by atoms with Gasteiger partial charge in [0.15, 0.2) is 102 Å². The normalized spacial score (nSPS) is 13.6. The number of nitrogens with zero attached hydrogens (tertiary/aromatic N) is 16. The van der Waals surface area contributed by atoms with Crippen LogP contribution in [0.25, 0.3) is 44.7 Å². The summed E-state index contributed by atoms with van der Waals surface area (Å²) in [4.78, 5) is 49.2. The second-order valence-electron chi connectivity index (χ2n) is 33.1. The van der Waals surface area contributed by atoms with Crippen LogP contribution in [0.4, 0.5) is 40.8 Å². The molecule has 0 unspecified atom stereocenters. The number of nitrogen functional groups attached to an aromatic ring is 4. The smallest absolute Gasteiger partial charge is 0.312 e. The number of nitrogens with one attached hydrogen (secondary N) is 4. The van der Waals surface area contributed by atoms with Crippen LogP contribution in [0.2, 0.25) is 0 Å². The number of anilines is 4. The molecule has 0 fully saturated rings. The van der Waals surface area contributed by atoms with Gasteiger partial charge in [0.05, 0.1) is 6.61 Å². The second kappa shape index (κ2) is 40.6. The topological polar surface area (TPSA) is 391 Å². The van der Waals surface area contributed by atoms with Crippen molar-refractivity contribution < 1.29 is 50.7 Å². The first kappa shape index (κ1) is 91.1. The molecule has 0 saturated carbocycles. The Labute approximate surface area is 758 Å². The Bertz CT molecular complexity index is 5400. The molecule has 16 rings (SSSR count). The molecule has 39 heteroatoms. The highest BCUT2D eigenvalue weighted by molar-refractivity contribution is 14.1. The zero-order valence-corrected chi connectivity index (χ0v) is 78.4. The molecular weight excluding hydrogens is 2030 g/mol. The number of hydrogen-bond donors (Lipinski definition) is 8. The van der Waals surface area contributed by atoms with E-state index in [-0.39, 0.29) is 34.1 Å². The highest BCUT2D eigenvalue weighted by atomic mass is 131. The molecule has 4 aliphatic rings. The van der Waals surface area contributed by atoms with Gasteiger partial charge in [0.25, 0.3) is 0 Å². The second-order valence-corrected chi connectivity index (χ2v) is 37.7. The van der Waals surface area contributed by atoms with Gasteiger partial charge in [0, 0.05) is 105 Å². The van der Waals surface area contributed by atoms with Crippen LogP contribution in [0.1, 0.15) is 127 Å². The minimum atomic E-state index is -0.853. The molecule has 8 aromatic heterocycles. The number of rotatable bonds is 26. The van der Waals surface area contributed by atoms with Crippen molar-refractivity contribution in [2.45, 2.75) is 134 Å². The minimum Gasteiger partial charge on any atom is -0.493 e. The van der Waals surface area contributed by atoms with Gasteiger partial charge in [-0.05, 0) is 209 Å². The number of nitrogens with two attached hydrogens (primary N) is 4. The van der Waals surface area contributed by atoms with Gasteiger partial charge >= 0.3 is 24.3 Å². The van der Waals surface area contributed by atoms with Gasteiger partial charge in [-0.25, -0.2) is 19.9 Å². The van der Waals surface area contributed by atoms with Crippen molar-refractivity contribution in [3.05, 3.63) is 138 Å². The molecule has 0 radical (unpaired) electrons. The Morgan fingerprint density at radius 1 is 0.377 bits per heavy atom. The zero-order valence-electron chi connectivity index (χ0n) is 69.8. The van der Waals surface area contributed by atoms with E-state index in [2.05, 4.69) is 248 Å². The Balaban J connectivity index is 0.000000140. The van der Waals surface area contributed by atoms with Crippen LogP contribution in [0, 0.1) is 61.3 Å². The van der Waals surface area contributed by atoms with Crippen LogP contribution in [0.15, 0.2) is 48.5 Å². The average Bonchev–Trinajstić information content (AvgIpc) is 1.64. The van der Waals surface area contributed by atoms with Crippen molar-refractivity contribution in [1.82, 2.24) is 99.3 Å². The summed E-state index contributed by atoms with van der Waals surface area (Å²) in [7, 11) is 0. The number of aromatic nitrogens is 16. The molecule has 4 aromatic carbocycles. The molecule has 4 aliphatic heterocycles. The van der Waals surface area contributed by atoms with E-state index in [0.29, 0.717) is 168 Å². The lowest BCUT2D eigenvalue weighted by Crippen LogP contribution is -2.30. The maximum atomic E-state index is 13.9. The Morgan fingerprint density at radius 2 is 0.656 bits per heavy atom. The fourth-order valence-corrected chi connectivity index (χ4v) is 16.6. The quantitative estimate of drug-likeness (QED) is 0.0108. The maximum Gasteiger partial charge on any atom is 0.312 e. The summed E-state index contributed by atoms with van der Waals surface area (Å²) in [6.07, 6.45) is 0.821. The van der Waals surface area contributed by atoms with Crippen molar-refractivity contribution in [2.75, 3.05) is 122 Å². The molecule has 31 nitrogen and oxygen atoms in total. The predicted molar refractivity (Wildman–Crippen MR) is 493 cm³/mol. The first-order chi connectivity index (χ1) is 58.3. The van der Waals surface area contributed by atoms with E-state index in [4.69, 9.17) is 61.1 Å². The van der Waals surface area contributed by atoms with Gasteiger partial charge in [-0.2, -0.15) is 57.4 Å². The van der Waals surface area contributed by atoms with Crippen LogP contribution in [0.3, 0.4) is 0 Å². The number of fused-ring (bicyclic) bond motifs is 8. The average molecular weight is 2130 g/mol. The number of hydrogen-bond acceptors (Lipinski definition) is 27. The van der Waals surface area contributed by atoms with Gasteiger partial charge in [-0.1, -0.05) is 75.3 Å². The zero-order chi connectivity index (χ0) is 86.8. The summed E-state index contributed by atoms with van der Waals surface area (Å²) in [5, 5.41) is 13.7. The predicted octanol–water partition coefficient (Wildman–Crippen LogP) is 12.4. The van der Waals surface area contributed by atoms with Gasteiger partial charge in [-0.3, -0.25) is 0 Å². The monoisotopic (exact) mass is 2130 g/mol. The maximum absolute atomic E-state index is 13.9. The molecule has 12 heterocycles. The Morgan fingerprint density at radius 3 is 0.984 bits per heavy atom. The molecule has 0 spiro atoms. The van der Waals surface area contributed by atoms with E-state index in [9.17, 15) is 17.6 Å². The summed E-state index contributed by atoms with van der Waals surface area (Å²) in [5.41, 5.74) is 33.0. The van der Waals surface area contributed by atoms with Crippen LogP contribution < -0.4 is 77.4 Å². The lowest BCUT2D eigenvalue weighted by Gasteiger charge is -2.20. The number of ether oxygens (including phenoxy) is 7. The van der Waals surface area contributed by atoms with Gasteiger partial charge in [0.2, 0.25) is 0 Å². The summed E-state index contributed by atoms with van der Waals surface area (Å²) < 4.78 is 108. The Hall–Kier alpha value is -8.64. The van der Waals surface area contributed by atoms with Crippen molar-refractivity contribution in [2.24, 2.45) is 22.7 Å². The van der Waals surface area contributed by atoms with Crippen molar-refractivity contribution in [1.29, 1.82) is 0 Å². The van der Waals surface area contributed by atoms with E-state index in [1.807, 2.05) is 54.7 Å². The first-order valence-electron chi connectivity index (χ1n) is 40.5. The van der Waals surface area contributed by atoms with Crippen molar-refractivity contribution in [3.8, 4) is 40.2 Å². The molecule has 0 aliphatic carbocycles. The third-order valence-electron chi connectivity index (χ3n) is 19.8.